The van der Waals surface area contributed by atoms with E-state index in [9.17, 15) is 15.0 Å². The van der Waals surface area contributed by atoms with Crippen LogP contribution in [0, 0.1) is 0 Å². The number of phenols is 2. The summed E-state index contributed by atoms with van der Waals surface area (Å²) in [5.41, 5.74) is 0.409. The molecule has 5 heteroatoms. The van der Waals surface area contributed by atoms with Gasteiger partial charge in [0.15, 0.2) is 0 Å². The van der Waals surface area contributed by atoms with Gasteiger partial charge in [0.1, 0.15) is 11.5 Å². The zero-order valence-corrected chi connectivity index (χ0v) is 12.6. The molecule has 1 aromatic carbocycles. The fourth-order valence-corrected chi connectivity index (χ4v) is 2.32. The molecule has 0 saturated carbocycles. The van der Waals surface area contributed by atoms with E-state index in [1.165, 1.54) is 12.1 Å². The fourth-order valence-electron chi connectivity index (χ4n) is 2.32. The molecule has 0 aliphatic heterocycles. The van der Waals surface area contributed by atoms with E-state index in [1.54, 1.807) is 24.8 Å². The van der Waals surface area contributed by atoms with Crippen molar-refractivity contribution >= 4 is 5.91 Å². The van der Waals surface area contributed by atoms with Gasteiger partial charge in [0, 0.05) is 19.1 Å². The minimum absolute atomic E-state index is 0.0109. The highest BCUT2D eigenvalue weighted by Crippen LogP contribution is 2.32. The number of amides is 1. The number of carbonyl (C=O) groups excluding carboxylic acids is 1. The Kier molecular flexibility index (Phi) is 5.82. The Morgan fingerprint density at radius 1 is 1.20 bits per heavy atom. The summed E-state index contributed by atoms with van der Waals surface area (Å²) in [5.74, 6) is 0.0525. The maximum atomic E-state index is 12.2. The molecule has 3 N–H and O–H groups in total. The van der Waals surface area contributed by atoms with E-state index in [0.29, 0.717) is 18.7 Å². The summed E-state index contributed by atoms with van der Waals surface area (Å²) in [6.45, 7) is 8.79. The van der Waals surface area contributed by atoms with Crippen LogP contribution in [0.15, 0.2) is 18.2 Å². The third-order valence-corrected chi connectivity index (χ3v) is 3.44. The summed E-state index contributed by atoms with van der Waals surface area (Å²) in [5, 5.41) is 22.8. The summed E-state index contributed by atoms with van der Waals surface area (Å²) < 4.78 is 0. The molecule has 1 amide bonds. The molecule has 2 unspecified atom stereocenters. The van der Waals surface area contributed by atoms with Gasteiger partial charge in [-0.05, 0) is 39.8 Å². The lowest BCUT2D eigenvalue weighted by atomic mass is 10.0. The van der Waals surface area contributed by atoms with Gasteiger partial charge >= 0.3 is 0 Å². The zero-order valence-electron chi connectivity index (χ0n) is 12.6. The van der Waals surface area contributed by atoms with Crippen molar-refractivity contribution in [2.45, 2.75) is 39.8 Å². The summed E-state index contributed by atoms with van der Waals surface area (Å²) >= 11 is 0. The lowest BCUT2D eigenvalue weighted by Gasteiger charge is -2.26. The molecule has 112 valence electrons. The van der Waals surface area contributed by atoms with Gasteiger partial charge in [-0.25, -0.2) is 0 Å². The predicted molar refractivity (Wildman–Crippen MR) is 78.7 cm³/mol. The van der Waals surface area contributed by atoms with Crippen LogP contribution in [-0.4, -0.2) is 40.2 Å². The van der Waals surface area contributed by atoms with Gasteiger partial charge in [-0.1, -0.05) is 6.07 Å². The Labute approximate surface area is 120 Å². The molecule has 0 fully saturated rings. The molecular formula is C15H24N2O3. The normalized spacial score (nSPS) is 13.8. The third-order valence-electron chi connectivity index (χ3n) is 3.44. The number of rotatable bonds is 6. The molecule has 20 heavy (non-hydrogen) atoms. The van der Waals surface area contributed by atoms with Crippen LogP contribution in [0.2, 0.25) is 0 Å². The van der Waals surface area contributed by atoms with Crippen molar-refractivity contribution in [3.05, 3.63) is 23.8 Å². The summed E-state index contributed by atoms with van der Waals surface area (Å²) in [6, 6.07) is 3.90. The van der Waals surface area contributed by atoms with E-state index in [0.717, 1.165) is 0 Å². The fraction of sp³-hybridized carbons (Fsp3) is 0.533. The Morgan fingerprint density at radius 3 is 2.15 bits per heavy atom. The summed E-state index contributed by atoms with van der Waals surface area (Å²) in [4.78, 5) is 13.9. The van der Waals surface area contributed by atoms with Crippen LogP contribution < -0.4 is 5.32 Å². The number of phenolic OH excluding ortho intramolecular Hbond substituents is 2. The molecule has 0 saturated heterocycles. The van der Waals surface area contributed by atoms with E-state index in [-0.39, 0.29) is 29.5 Å². The van der Waals surface area contributed by atoms with Crippen LogP contribution >= 0.6 is 0 Å². The van der Waals surface area contributed by atoms with Crippen LogP contribution in [-0.2, 0) is 4.79 Å². The van der Waals surface area contributed by atoms with E-state index in [1.807, 2.05) is 13.8 Å². The molecule has 1 rings (SSSR count). The minimum atomic E-state index is -0.385. The van der Waals surface area contributed by atoms with Crippen LogP contribution in [0.1, 0.15) is 39.3 Å². The van der Waals surface area contributed by atoms with Gasteiger partial charge in [-0.3, -0.25) is 10.1 Å². The van der Waals surface area contributed by atoms with E-state index >= 15 is 0 Å². The average molecular weight is 280 g/mol. The first-order chi connectivity index (χ1) is 9.42. The van der Waals surface area contributed by atoms with Crippen molar-refractivity contribution in [1.29, 1.82) is 0 Å². The topological polar surface area (TPSA) is 72.8 Å². The Bertz CT molecular complexity index is 438. The molecule has 0 radical (unpaired) electrons. The summed E-state index contributed by atoms with van der Waals surface area (Å²) in [7, 11) is 0. The second-order valence-electron chi connectivity index (χ2n) is 4.83. The highest BCUT2D eigenvalue weighted by Gasteiger charge is 2.22. The monoisotopic (exact) mass is 280 g/mol. The van der Waals surface area contributed by atoms with Crippen LogP contribution in [0.4, 0.5) is 0 Å². The lowest BCUT2D eigenvalue weighted by molar-refractivity contribution is -0.132. The van der Waals surface area contributed by atoms with Gasteiger partial charge in [-0.15, -0.1) is 0 Å². The molecule has 1 aromatic rings. The number of hydrogen-bond donors (Lipinski definition) is 3. The van der Waals surface area contributed by atoms with Crippen molar-refractivity contribution in [3.63, 3.8) is 0 Å². The van der Waals surface area contributed by atoms with Crippen molar-refractivity contribution in [3.8, 4) is 11.5 Å². The van der Waals surface area contributed by atoms with Crippen molar-refractivity contribution in [1.82, 2.24) is 10.2 Å². The molecule has 0 heterocycles. The van der Waals surface area contributed by atoms with Gasteiger partial charge in [0.2, 0.25) is 5.91 Å². The molecule has 2 atom stereocenters. The third kappa shape index (κ3) is 3.63. The highest BCUT2D eigenvalue weighted by molar-refractivity contribution is 5.81. The minimum Gasteiger partial charge on any atom is -0.507 e. The van der Waals surface area contributed by atoms with E-state index in [2.05, 4.69) is 5.32 Å². The molecule has 0 spiro atoms. The Morgan fingerprint density at radius 2 is 1.70 bits per heavy atom. The number of carbonyl (C=O) groups is 1. The number of benzene rings is 1. The average Bonchev–Trinajstić information content (AvgIpc) is 2.39. The molecular weight excluding hydrogens is 256 g/mol. The maximum absolute atomic E-state index is 12.2. The first kappa shape index (κ1) is 16.3. The number of nitrogens with zero attached hydrogens (tertiary/aromatic N) is 1. The van der Waals surface area contributed by atoms with Gasteiger partial charge < -0.3 is 15.1 Å². The highest BCUT2D eigenvalue weighted by atomic mass is 16.3. The Balaban J connectivity index is 2.80. The lowest BCUT2D eigenvalue weighted by Crippen LogP contribution is -2.45. The number of hydrogen-bond acceptors (Lipinski definition) is 4. The second kappa shape index (κ2) is 7.14. The molecule has 0 aromatic heterocycles. The van der Waals surface area contributed by atoms with Crippen LogP contribution in [0.5, 0.6) is 11.5 Å². The molecule has 0 bridgehead atoms. The van der Waals surface area contributed by atoms with E-state index < -0.39 is 0 Å². The van der Waals surface area contributed by atoms with Crippen molar-refractivity contribution in [2.75, 3.05) is 13.1 Å². The molecule has 5 nitrogen and oxygen atoms in total. The first-order valence-electron chi connectivity index (χ1n) is 6.98. The second-order valence-corrected chi connectivity index (χ2v) is 4.83. The van der Waals surface area contributed by atoms with E-state index in [4.69, 9.17) is 0 Å². The SMILES string of the molecule is CCN(CC)C(=O)C(C)NC(C)c1c(O)cccc1O. The number of nitrogens with one attached hydrogen (secondary N) is 1. The predicted octanol–water partition coefficient (Wildman–Crippen LogP) is 2.01. The molecule has 0 aliphatic carbocycles. The Hall–Kier alpha value is -1.75. The largest absolute Gasteiger partial charge is 0.507 e. The van der Waals surface area contributed by atoms with Gasteiger partial charge in [-0.2, -0.15) is 0 Å². The number of likely N-dealkylation sites (N-methyl/N-ethyl adjacent to an activating group) is 1. The maximum Gasteiger partial charge on any atom is 0.239 e. The van der Waals surface area contributed by atoms with Gasteiger partial charge in [0.05, 0.1) is 11.6 Å². The van der Waals surface area contributed by atoms with Gasteiger partial charge in [0.25, 0.3) is 0 Å². The first-order valence-corrected chi connectivity index (χ1v) is 6.98. The van der Waals surface area contributed by atoms with Crippen molar-refractivity contribution < 1.29 is 15.0 Å². The smallest absolute Gasteiger partial charge is 0.239 e. The zero-order chi connectivity index (χ0) is 15.3. The number of aromatic hydroxyl groups is 2. The quantitative estimate of drug-likeness (QED) is 0.745. The van der Waals surface area contributed by atoms with Crippen LogP contribution in [0.25, 0.3) is 0 Å². The summed E-state index contributed by atoms with van der Waals surface area (Å²) in [6.07, 6.45) is 0. The van der Waals surface area contributed by atoms with Crippen LogP contribution in [0.3, 0.4) is 0 Å². The molecule has 0 aliphatic rings. The van der Waals surface area contributed by atoms with Crippen molar-refractivity contribution in [2.24, 2.45) is 0 Å². The standard InChI is InChI=1S/C15H24N2O3/c1-5-17(6-2)15(20)11(4)16-10(3)14-12(18)8-7-9-13(14)19/h7-11,16,18-19H,5-6H2,1-4H3.